The summed E-state index contributed by atoms with van der Waals surface area (Å²) in [7, 11) is 0. The number of aryl methyl sites for hydroxylation is 2. The van der Waals surface area contributed by atoms with Gasteiger partial charge >= 0.3 is 0 Å². The summed E-state index contributed by atoms with van der Waals surface area (Å²) in [6, 6.07) is 16.5. The van der Waals surface area contributed by atoms with Crippen molar-refractivity contribution in [2.45, 2.75) is 20.3 Å². The topological polar surface area (TPSA) is 30.7 Å². The summed E-state index contributed by atoms with van der Waals surface area (Å²) in [6.45, 7) is 4.21. The van der Waals surface area contributed by atoms with Crippen molar-refractivity contribution in [1.82, 2.24) is 14.8 Å². The summed E-state index contributed by atoms with van der Waals surface area (Å²) < 4.78 is 1.88. The number of nitrogens with zero attached hydrogens (tertiary/aromatic N) is 3. The van der Waals surface area contributed by atoms with Gasteiger partial charge in [-0.3, -0.25) is 0 Å². The molecule has 100 valence electrons. The molecule has 0 spiro atoms. The van der Waals surface area contributed by atoms with Crippen molar-refractivity contribution >= 4 is 0 Å². The lowest BCUT2D eigenvalue weighted by atomic mass is 10.1. The molecule has 0 aliphatic rings. The smallest absolute Gasteiger partial charge is 0.153 e. The Morgan fingerprint density at radius 1 is 1.05 bits per heavy atom. The Labute approximate surface area is 118 Å². The average molecular weight is 263 g/mol. The van der Waals surface area contributed by atoms with Crippen LogP contribution in [0, 0.1) is 6.92 Å². The van der Waals surface area contributed by atoms with Gasteiger partial charge in [0.2, 0.25) is 0 Å². The molecule has 3 nitrogen and oxygen atoms in total. The number of aromatic nitrogens is 3. The van der Waals surface area contributed by atoms with E-state index in [1.807, 2.05) is 22.9 Å². The zero-order valence-electron chi connectivity index (χ0n) is 11.7. The lowest BCUT2D eigenvalue weighted by Gasteiger charge is -2.02. The van der Waals surface area contributed by atoms with Crippen molar-refractivity contribution in [2.24, 2.45) is 0 Å². The predicted octanol–water partition coefficient (Wildman–Crippen LogP) is 3.81. The zero-order valence-corrected chi connectivity index (χ0v) is 11.7. The highest BCUT2D eigenvalue weighted by Gasteiger charge is 2.08. The Balaban J connectivity index is 2.04. The molecule has 2 aromatic heterocycles. The van der Waals surface area contributed by atoms with Crippen molar-refractivity contribution < 1.29 is 0 Å². The van der Waals surface area contributed by atoms with E-state index in [9.17, 15) is 0 Å². The van der Waals surface area contributed by atoms with Gasteiger partial charge in [0, 0.05) is 17.5 Å². The first-order valence-electron chi connectivity index (χ1n) is 6.85. The van der Waals surface area contributed by atoms with E-state index in [1.54, 1.807) is 6.20 Å². The maximum absolute atomic E-state index is 4.68. The van der Waals surface area contributed by atoms with Crippen LogP contribution in [0.3, 0.4) is 0 Å². The molecule has 3 heteroatoms. The summed E-state index contributed by atoms with van der Waals surface area (Å²) in [5.74, 6) is 0.850. The quantitative estimate of drug-likeness (QED) is 0.719. The fourth-order valence-corrected chi connectivity index (χ4v) is 2.28. The van der Waals surface area contributed by atoms with Crippen molar-refractivity contribution in [3.63, 3.8) is 0 Å². The number of pyridine rings is 1. The van der Waals surface area contributed by atoms with E-state index in [2.05, 4.69) is 54.3 Å². The van der Waals surface area contributed by atoms with E-state index in [0.29, 0.717) is 0 Å². The molecule has 0 saturated carbocycles. The second-order valence-electron chi connectivity index (χ2n) is 4.82. The van der Waals surface area contributed by atoms with Crippen LogP contribution in [0.5, 0.6) is 0 Å². The lowest BCUT2D eigenvalue weighted by molar-refractivity contribution is 0.820. The molecule has 0 bridgehead atoms. The number of hydrogen-bond donors (Lipinski definition) is 0. The van der Waals surface area contributed by atoms with Gasteiger partial charge in [0.25, 0.3) is 0 Å². The zero-order chi connectivity index (χ0) is 13.9. The van der Waals surface area contributed by atoms with Crippen molar-refractivity contribution in [3.05, 3.63) is 66.0 Å². The molecule has 0 saturated heterocycles. The Morgan fingerprint density at radius 3 is 2.70 bits per heavy atom. The molecule has 0 N–H and O–H groups in total. The van der Waals surface area contributed by atoms with E-state index >= 15 is 0 Å². The molecule has 1 aromatic carbocycles. The molecule has 0 unspecified atom stereocenters. The van der Waals surface area contributed by atoms with Gasteiger partial charge in [-0.1, -0.05) is 31.2 Å². The Kier molecular flexibility index (Phi) is 3.33. The van der Waals surface area contributed by atoms with Gasteiger partial charge < -0.3 is 0 Å². The molecule has 3 aromatic rings. The summed E-state index contributed by atoms with van der Waals surface area (Å²) in [5, 5.41) is 4.68. The van der Waals surface area contributed by atoms with Crippen molar-refractivity contribution in [3.8, 4) is 17.1 Å². The molecular weight excluding hydrogens is 246 g/mol. The van der Waals surface area contributed by atoms with Crippen LogP contribution in [-0.2, 0) is 6.42 Å². The summed E-state index contributed by atoms with van der Waals surface area (Å²) in [4.78, 5) is 4.35. The number of benzene rings is 1. The Bertz CT molecular complexity index is 714. The fourth-order valence-electron chi connectivity index (χ4n) is 2.28. The molecule has 3 rings (SSSR count). The maximum atomic E-state index is 4.68. The standard InChI is InChI=1S/C17H17N3/c1-3-14-7-6-8-15(12-14)16-11-13(2)20(19-16)17-9-4-5-10-18-17/h4-12H,3H2,1-2H3. The Hall–Kier alpha value is -2.42. The maximum Gasteiger partial charge on any atom is 0.153 e. The summed E-state index contributed by atoms with van der Waals surface area (Å²) in [6.07, 6.45) is 2.82. The predicted molar refractivity (Wildman–Crippen MR) is 80.9 cm³/mol. The van der Waals surface area contributed by atoms with E-state index < -0.39 is 0 Å². The van der Waals surface area contributed by atoms with E-state index in [4.69, 9.17) is 0 Å². The minimum Gasteiger partial charge on any atom is -0.237 e. The van der Waals surface area contributed by atoms with E-state index in [1.165, 1.54) is 5.56 Å². The molecule has 0 radical (unpaired) electrons. The first-order chi connectivity index (χ1) is 9.78. The van der Waals surface area contributed by atoms with Crippen molar-refractivity contribution in [2.75, 3.05) is 0 Å². The van der Waals surface area contributed by atoms with Gasteiger partial charge in [-0.25, -0.2) is 9.67 Å². The third-order valence-corrected chi connectivity index (χ3v) is 3.38. The van der Waals surface area contributed by atoms with Crippen LogP contribution in [-0.4, -0.2) is 14.8 Å². The molecule has 0 aliphatic carbocycles. The van der Waals surface area contributed by atoms with Gasteiger partial charge in [0.15, 0.2) is 5.82 Å². The van der Waals surface area contributed by atoms with Crippen LogP contribution in [0.2, 0.25) is 0 Å². The molecule has 20 heavy (non-hydrogen) atoms. The second-order valence-corrected chi connectivity index (χ2v) is 4.82. The van der Waals surface area contributed by atoms with Crippen LogP contribution in [0.1, 0.15) is 18.2 Å². The molecule has 2 heterocycles. The molecular formula is C17H17N3. The summed E-state index contributed by atoms with van der Waals surface area (Å²) >= 11 is 0. The minimum atomic E-state index is 0.850. The van der Waals surface area contributed by atoms with Gasteiger partial charge in [-0.2, -0.15) is 5.10 Å². The lowest BCUT2D eigenvalue weighted by Crippen LogP contribution is -2.00. The number of rotatable bonds is 3. The van der Waals surface area contributed by atoms with E-state index in [-0.39, 0.29) is 0 Å². The van der Waals surface area contributed by atoms with Crippen molar-refractivity contribution in [1.29, 1.82) is 0 Å². The molecule has 0 aliphatic heterocycles. The molecule has 0 atom stereocenters. The number of hydrogen-bond acceptors (Lipinski definition) is 2. The molecule has 0 amide bonds. The third kappa shape index (κ3) is 2.35. The second kappa shape index (κ2) is 5.29. The SMILES string of the molecule is CCc1cccc(-c2cc(C)n(-c3ccccn3)n2)c1. The third-order valence-electron chi connectivity index (χ3n) is 3.38. The van der Waals surface area contributed by atoms with Crippen LogP contribution in [0.15, 0.2) is 54.7 Å². The van der Waals surface area contributed by atoms with Crippen LogP contribution in [0.25, 0.3) is 17.1 Å². The van der Waals surface area contributed by atoms with Gasteiger partial charge in [0.1, 0.15) is 0 Å². The minimum absolute atomic E-state index is 0.850. The van der Waals surface area contributed by atoms with Gasteiger partial charge in [-0.15, -0.1) is 0 Å². The van der Waals surface area contributed by atoms with Gasteiger partial charge in [0.05, 0.1) is 5.69 Å². The largest absolute Gasteiger partial charge is 0.237 e. The average Bonchev–Trinajstić information content (AvgIpc) is 2.90. The first kappa shape index (κ1) is 12.6. The summed E-state index contributed by atoms with van der Waals surface area (Å²) in [5.41, 5.74) is 4.55. The monoisotopic (exact) mass is 263 g/mol. The van der Waals surface area contributed by atoms with Crippen LogP contribution in [0.4, 0.5) is 0 Å². The highest BCUT2D eigenvalue weighted by Crippen LogP contribution is 2.21. The Morgan fingerprint density at radius 2 is 1.95 bits per heavy atom. The normalized spacial score (nSPS) is 10.7. The van der Waals surface area contributed by atoms with Crippen LogP contribution < -0.4 is 0 Å². The van der Waals surface area contributed by atoms with Gasteiger partial charge in [-0.05, 0) is 43.2 Å². The highest BCUT2D eigenvalue weighted by atomic mass is 15.3. The molecule has 0 fully saturated rings. The van der Waals surface area contributed by atoms with E-state index in [0.717, 1.165) is 29.2 Å². The highest BCUT2D eigenvalue weighted by molar-refractivity contribution is 5.60. The first-order valence-corrected chi connectivity index (χ1v) is 6.85. The fraction of sp³-hybridized carbons (Fsp3) is 0.176. The van der Waals surface area contributed by atoms with Crippen LogP contribution >= 0.6 is 0 Å².